The van der Waals surface area contributed by atoms with Gasteiger partial charge in [0.2, 0.25) is 5.13 Å². The fraction of sp³-hybridized carbons (Fsp3) is 0.474. The number of halogens is 2. The van der Waals surface area contributed by atoms with Crippen LogP contribution in [0.25, 0.3) is 10.4 Å². The summed E-state index contributed by atoms with van der Waals surface area (Å²) in [7, 11) is 0. The molecule has 3 nitrogen and oxygen atoms in total. The molecule has 2 aliphatic rings. The molecule has 1 aromatic carbocycles. The first kappa shape index (κ1) is 17.3. The topological polar surface area (TPSA) is 37.3 Å². The van der Waals surface area contributed by atoms with Crippen molar-refractivity contribution in [1.29, 1.82) is 0 Å². The highest BCUT2D eigenvalue weighted by Crippen LogP contribution is 2.63. The van der Waals surface area contributed by atoms with Crippen LogP contribution in [0.3, 0.4) is 0 Å². The van der Waals surface area contributed by atoms with Gasteiger partial charge in [0, 0.05) is 17.3 Å². The van der Waals surface area contributed by atoms with E-state index in [1.165, 1.54) is 18.6 Å². The second kappa shape index (κ2) is 5.97. The van der Waals surface area contributed by atoms with E-state index in [0.717, 1.165) is 27.9 Å². The van der Waals surface area contributed by atoms with Crippen molar-refractivity contribution in [3.05, 3.63) is 34.4 Å². The molecule has 1 heterocycles. The maximum absolute atomic E-state index is 6.11. The number of fused-ring (bicyclic) bond motifs is 2. The average molecular weight is 394 g/mol. The van der Waals surface area contributed by atoms with Crippen molar-refractivity contribution in [1.82, 2.24) is 4.98 Å². The molecule has 2 aromatic rings. The predicted molar refractivity (Wildman–Crippen MR) is 108 cm³/mol. The van der Waals surface area contributed by atoms with Gasteiger partial charge in [-0.2, -0.15) is 5.10 Å². The van der Waals surface area contributed by atoms with Gasteiger partial charge < -0.3 is 0 Å². The van der Waals surface area contributed by atoms with Crippen LogP contribution in [-0.2, 0) is 0 Å². The highest BCUT2D eigenvalue weighted by Gasteiger charge is 2.59. The van der Waals surface area contributed by atoms with Gasteiger partial charge in [-0.1, -0.05) is 61.4 Å². The zero-order valence-electron chi connectivity index (χ0n) is 14.6. The van der Waals surface area contributed by atoms with Crippen molar-refractivity contribution in [2.24, 2.45) is 21.8 Å². The van der Waals surface area contributed by atoms with Crippen molar-refractivity contribution < 1.29 is 0 Å². The number of hydrogen-bond donors (Lipinski definition) is 1. The lowest BCUT2D eigenvalue weighted by Crippen LogP contribution is -2.32. The molecule has 4 rings (SSSR count). The molecule has 2 aliphatic carbocycles. The molecule has 0 saturated heterocycles. The Morgan fingerprint density at radius 1 is 1.24 bits per heavy atom. The van der Waals surface area contributed by atoms with E-state index in [1.54, 1.807) is 11.3 Å². The Bertz CT molecular complexity index is 858. The molecule has 6 heteroatoms. The Morgan fingerprint density at radius 3 is 2.68 bits per heavy atom. The summed E-state index contributed by atoms with van der Waals surface area (Å²) in [5, 5.41) is 6.67. The smallest absolute Gasteiger partial charge is 0.203 e. The number of thiazole rings is 1. The maximum Gasteiger partial charge on any atom is 0.203 e. The maximum atomic E-state index is 6.11. The van der Waals surface area contributed by atoms with Crippen molar-refractivity contribution in [2.45, 2.75) is 40.0 Å². The number of aromatic nitrogens is 1. The molecular weight excluding hydrogens is 373 g/mol. The molecule has 0 aliphatic heterocycles. The van der Waals surface area contributed by atoms with E-state index in [2.05, 4.69) is 31.2 Å². The zero-order valence-corrected chi connectivity index (χ0v) is 16.9. The Labute approximate surface area is 162 Å². The summed E-state index contributed by atoms with van der Waals surface area (Å²) in [4.78, 5) is 5.49. The van der Waals surface area contributed by atoms with Crippen LogP contribution in [0.1, 0.15) is 40.0 Å². The number of benzene rings is 1. The Balaban J connectivity index is 1.54. The van der Waals surface area contributed by atoms with Crippen LogP contribution in [0.2, 0.25) is 10.0 Å². The van der Waals surface area contributed by atoms with E-state index in [1.807, 2.05) is 24.4 Å². The minimum absolute atomic E-state index is 0.203. The van der Waals surface area contributed by atoms with Crippen molar-refractivity contribution in [2.75, 3.05) is 5.43 Å². The first-order valence-corrected chi connectivity index (χ1v) is 10.1. The minimum Gasteiger partial charge on any atom is -0.253 e. The van der Waals surface area contributed by atoms with E-state index >= 15 is 0 Å². The molecule has 0 amide bonds. The van der Waals surface area contributed by atoms with Crippen LogP contribution in [0, 0.1) is 16.7 Å². The number of rotatable bonds is 3. The van der Waals surface area contributed by atoms with Crippen LogP contribution in [0.4, 0.5) is 5.13 Å². The van der Waals surface area contributed by atoms with Gasteiger partial charge in [0.1, 0.15) is 0 Å². The number of nitrogens with one attached hydrogen (secondary N) is 1. The molecule has 1 N–H and O–H groups in total. The Kier molecular flexibility index (Phi) is 4.13. The predicted octanol–water partition coefficient (Wildman–Crippen LogP) is 6.73. The number of hydrogen-bond acceptors (Lipinski definition) is 4. The minimum atomic E-state index is 0.203. The van der Waals surface area contributed by atoms with E-state index in [9.17, 15) is 0 Å². The summed E-state index contributed by atoms with van der Waals surface area (Å²) < 4.78 is 0. The summed E-state index contributed by atoms with van der Waals surface area (Å²) in [6.07, 6.45) is 5.50. The normalized spacial score (nSPS) is 28.7. The summed E-state index contributed by atoms with van der Waals surface area (Å²) in [5.74, 6) is 0.751. The van der Waals surface area contributed by atoms with E-state index < -0.39 is 0 Å². The molecule has 2 bridgehead atoms. The first-order valence-electron chi connectivity index (χ1n) is 8.55. The van der Waals surface area contributed by atoms with E-state index in [4.69, 9.17) is 28.3 Å². The largest absolute Gasteiger partial charge is 0.253 e. The molecule has 0 spiro atoms. The molecule has 2 fully saturated rings. The first-order chi connectivity index (χ1) is 11.8. The van der Waals surface area contributed by atoms with Crippen LogP contribution in [0.15, 0.2) is 29.5 Å². The van der Waals surface area contributed by atoms with E-state index in [0.29, 0.717) is 15.5 Å². The molecule has 2 atom stereocenters. The van der Waals surface area contributed by atoms with Crippen molar-refractivity contribution in [3.8, 4) is 10.4 Å². The molecule has 1 aromatic heterocycles. The van der Waals surface area contributed by atoms with Gasteiger partial charge in [-0.05, 0) is 48.3 Å². The monoisotopic (exact) mass is 393 g/mol. The lowest BCUT2D eigenvalue weighted by atomic mass is 9.70. The fourth-order valence-electron chi connectivity index (χ4n) is 4.32. The third kappa shape index (κ3) is 2.70. The highest BCUT2D eigenvalue weighted by molar-refractivity contribution is 7.18. The average Bonchev–Trinajstić information content (AvgIpc) is 3.18. The van der Waals surface area contributed by atoms with Crippen molar-refractivity contribution >= 4 is 45.4 Å². The van der Waals surface area contributed by atoms with E-state index in [-0.39, 0.29) is 5.41 Å². The molecule has 132 valence electrons. The molecular formula is C19H21Cl2N3S. The summed E-state index contributed by atoms with van der Waals surface area (Å²) >= 11 is 13.7. The number of anilines is 1. The van der Waals surface area contributed by atoms with Gasteiger partial charge >= 0.3 is 0 Å². The molecule has 0 radical (unpaired) electrons. The third-order valence-corrected chi connectivity index (χ3v) is 8.20. The summed E-state index contributed by atoms with van der Waals surface area (Å²) in [6, 6.07) is 5.63. The summed E-state index contributed by atoms with van der Waals surface area (Å²) in [5.41, 5.74) is 6.03. The Hall–Kier alpha value is -1.10. The second-order valence-corrected chi connectivity index (χ2v) is 9.67. The van der Waals surface area contributed by atoms with Crippen molar-refractivity contribution in [3.63, 3.8) is 0 Å². The second-order valence-electron chi connectivity index (χ2n) is 7.82. The van der Waals surface area contributed by atoms with Gasteiger partial charge in [0.05, 0.1) is 14.9 Å². The number of nitrogens with zero attached hydrogens (tertiary/aromatic N) is 2. The van der Waals surface area contributed by atoms with Gasteiger partial charge in [-0.25, -0.2) is 4.98 Å². The molecule has 25 heavy (non-hydrogen) atoms. The molecule has 2 saturated carbocycles. The van der Waals surface area contributed by atoms with Crippen LogP contribution in [-0.4, -0.2) is 10.7 Å². The van der Waals surface area contributed by atoms with Crippen LogP contribution < -0.4 is 5.43 Å². The third-order valence-electron chi connectivity index (χ3n) is 6.51. The highest BCUT2D eigenvalue weighted by atomic mass is 35.5. The van der Waals surface area contributed by atoms with Gasteiger partial charge in [-0.15, -0.1) is 0 Å². The SMILES string of the molecule is CC1(C)[C@H]2CC[C@@]1(C)/C(=N/Nc1ncc(-c3ccc(Cl)c(Cl)c3)s1)C2. The van der Waals surface area contributed by atoms with Gasteiger partial charge in [-0.3, -0.25) is 5.43 Å². The Morgan fingerprint density at radius 2 is 2.04 bits per heavy atom. The lowest BCUT2D eigenvalue weighted by molar-refractivity contribution is 0.194. The quantitative estimate of drug-likeness (QED) is 0.586. The summed E-state index contributed by atoms with van der Waals surface area (Å²) in [6.45, 7) is 7.14. The van der Waals surface area contributed by atoms with Gasteiger partial charge in [0.15, 0.2) is 0 Å². The lowest BCUT2D eigenvalue weighted by Gasteiger charge is -2.34. The molecule has 0 unspecified atom stereocenters. The number of hydrazone groups is 1. The standard InChI is InChI=1S/C19H21Cl2N3S/c1-18(2)12-6-7-19(18,3)16(9-12)23-24-17-22-10-15(25-17)11-4-5-13(20)14(21)8-11/h4-5,8,10,12H,6-7,9H2,1-3H3,(H,22,24)/b23-16+/t12-,19-/m0/s1. The van der Waals surface area contributed by atoms with Crippen LogP contribution >= 0.6 is 34.5 Å². The zero-order chi connectivity index (χ0) is 17.8. The van der Waals surface area contributed by atoms with Crippen LogP contribution in [0.5, 0.6) is 0 Å². The fourth-order valence-corrected chi connectivity index (χ4v) is 5.37. The van der Waals surface area contributed by atoms with Gasteiger partial charge in [0.25, 0.3) is 0 Å².